The molecule has 0 bridgehead atoms. The Bertz CT molecular complexity index is 848. The molecular weight excluding hydrogens is 342 g/mol. The molecule has 0 N–H and O–H groups in total. The summed E-state index contributed by atoms with van der Waals surface area (Å²) in [6.45, 7) is 2.15. The summed E-state index contributed by atoms with van der Waals surface area (Å²) in [5.41, 5.74) is 1.38. The molecule has 0 spiro atoms. The molecule has 0 radical (unpaired) electrons. The van der Waals surface area contributed by atoms with Gasteiger partial charge >= 0.3 is 5.97 Å². The van der Waals surface area contributed by atoms with Gasteiger partial charge in [-0.25, -0.2) is 4.79 Å². The maximum absolute atomic E-state index is 12.8. The van der Waals surface area contributed by atoms with Gasteiger partial charge in [0.25, 0.3) is 5.91 Å². The van der Waals surface area contributed by atoms with Gasteiger partial charge in [0.2, 0.25) is 0 Å². The number of fused-ring (bicyclic) bond motifs is 1. The number of hydrogen-bond donors (Lipinski definition) is 0. The average molecular weight is 358 g/mol. The standard InChI is InChI=1S/C19H16ClNO4/c1-2-25-19(24)13-11-16-14(10-15(13)20)17(22)8-9-21(16)18(23)12-6-4-3-5-7-12/h3-7,10-11H,2,8-9H2,1H3. The van der Waals surface area contributed by atoms with Crippen molar-refractivity contribution in [2.24, 2.45) is 0 Å². The lowest BCUT2D eigenvalue weighted by Gasteiger charge is -2.29. The van der Waals surface area contributed by atoms with E-state index in [9.17, 15) is 14.4 Å². The first kappa shape index (κ1) is 17.2. The Balaban J connectivity index is 2.07. The second-order valence-corrected chi connectivity index (χ2v) is 5.97. The van der Waals surface area contributed by atoms with Crippen LogP contribution in [0.4, 0.5) is 5.69 Å². The first-order chi connectivity index (χ1) is 12.0. The van der Waals surface area contributed by atoms with Gasteiger partial charge in [-0.15, -0.1) is 0 Å². The van der Waals surface area contributed by atoms with Crippen LogP contribution in [-0.4, -0.2) is 30.8 Å². The zero-order valence-corrected chi connectivity index (χ0v) is 14.4. The molecule has 2 aromatic rings. The normalized spacial score (nSPS) is 13.4. The fourth-order valence-electron chi connectivity index (χ4n) is 2.79. The summed E-state index contributed by atoms with van der Waals surface area (Å²) in [6.07, 6.45) is 0.209. The number of halogens is 1. The maximum Gasteiger partial charge on any atom is 0.339 e. The molecule has 0 saturated carbocycles. The highest BCUT2D eigenvalue weighted by Crippen LogP contribution is 2.33. The minimum Gasteiger partial charge on any atom is -0.462 e. The molecule has 128 valence electrons. The highest BCUT2D eigenvalue weighted by atomic mass is 35.5. The molecule has 0 saturated heterocycles. The molecule has 2 aromatic carbocycles. The zero-order valence-electron chi connectivity index (χ0n) is 13.6. The van der Waals surface area contributed by atoms with Gasteiger partial charge in [0.15, 0.2) is 5.78 Å². The SMILES string of the molecule is CCOC(=O)c1cc2c(cc1Cl)C(=O)CCN2C(=O)c1ccccc1. The molecule has 5 nitrogen and oxygen atoms in total. The van der Waals surface area contributed by atoms with Crippen LogP contribution in [0.5, 0.6) is 0 Å². The van der Waals surface area contributed by atoms with E-state index < -0.39 is 5.97 Å². The molecular formula is C19H16ClNO4. The van der Waals surface area contributed by atoms with E-state index in [0.29, 0.717) is 16.8 Å². The van der Waals surface area contributed by atoms with Crippen LogP contribution in [0.3, 0.4) is 0 Å². The van der Waals surface area contributed by atoms with Crippen LogP contribution >= 0.6 is 11.6 Å². The number of amides is 1. The number of Topliss-reactive ketones (excluding diaryl/α,β-unsaturated/α-hetero) is 1. The number of benzene rings is 2. The third-order valence-corrected chi connectivity index (χ3v) is 4.31. The van der Waals surface area contributed by atoms with Crippen LogP contribution in [0.25, 0.3) is 0 Å². The van der Waals surface area contributed by atoms with Crippen LogP contribution in [0.1, 0.15) is 44.4 Å². The average Bonchev–Trinajstić information content (AvgIpc) is 2.62. The highest BCUT2D eigenvalue weighted by Gasteiger charge is 2.30. The molecule has 25 heavy (non-hydrogen) atoms. The van der Waals surface area contributed by atoms with Crippen molar-refractivity contribution in [3.8, 4) is 0 Å². The Kier molecular flexibility index (Phi) is 4.86. The molecule has 0 aromatic heterocycles. The lowest BCUT2D eigenvalue weighted by Crippen LogP contribution is -2.37. The van der Waals surface area contributed by atoms with E-state index in [2.05, 4.69) is 0 Å². The fraction of sp³-hybridized carbons (Fsp3) is 0.211. The highest BCUT2D eigenvalue weighted by molar-refractivity contribution is 6.34. The number of anilines is 1. The molecule has 0 unspecified atom stereocenters. The van der Waals surface area contributed by atoms with Crippen LogP contribution in [0, 0.1) is 0 Å². The molecule has 0 aliphatic carbocycles. The number of hydrogen-bond acceptors (Lipinski definition) is 4. The van der Waals surface area contributed by atoms with E-state index in [0.717, 1.165) is 0 Å². The van der Waals surface area contributed by atoms with Gasteiger partial charge in [0.05, 0.1) is 22.9 Å². The first-order valence-electron chi connectivity index (χ1n) is 7.93. The van der Waals surface area contributed by atoms with Crippen molar-refractivity contribution in [2.45, 2.75) is 13.3 Å². The second kappa shape index (κ2) is 7.07. The molecule has 0 fully saturated rings. The Morgan fingerprint density at radius 2 is 1.92 bits per heavy atom. The topological polar surface area (TPSA) is 63.7 Å². The number of ether oxygens (including phenoxy) is 1. The summed E-state index contributed by atoms with van der Waals surface area (Å²) in [5.74, 6) is -0.920. The Labute approximate surface area is 150 Å². The van der Waals surface area contributed by atoms with Crippen LogP contribution < -0.4 is 4.90 Å². The molecule has 3 rings (SSSR count). The monoisotopic (exact) mass is 357 g/mol. The third kappa shape index (κ3) is 3.28. The van der Waals surface area contributed by atoms with E-state index in [1.807, 2.05) is 6.07 Å². The quantitative estimate of drug-likeness (QED) is 0.785. The summed E-state index contributed by atoms with van der Waals surface area (Å²) in [4.78, 5) is 38.7. The summed E-state index contributed by atoms with van der Waals surface area (Å²) in [5, 5.41) is 0.138. The first-order valence-corrected chi connectivity index (χ1v) is 8.31. The number of carbonyl (C=O) groups is 3. The summed E-state index contributed by atoms with van der Waals surface area (Å²) in [6, 6.07) is 11.7. The van der Waals surface area contributed by atoms with Crippen LogP contribution in [0.15, 0.2) is 42.5 Å². The zero-order chi connectivity index (χ0) is 18.0. The van der Waals surface area contributed by atoms with Gasteiger partial charge in [-0.05, 0) is 31.2 Å². The minimum atomic E-state index is -0.583. The van der Waals surface area contributed by atoms with E-state index in [1.54, 1.807) is 31.2 Å². The molecule has 1 aliphatic heterocycles. The maximum atomic E-state index is 12.8. The van der Waals surface area contributed by atoms with Crippen LogP contribution in [0.2, 0.25) is 5.02 Å². The van der Waals surface area contributed by atoms with Gasteiger partial charge in [0.1, 0.15) is 0 Å². The van der Waals surface area contributed by atoms with Crippen molar-refractivity contribution < 1.29 is 19.1 Å². The van der Waals surface area contributed by atoms with Crippen LogP contribution in [-0.2, 0) is 4.74 Å². The van der Waals surface area contributed by atoms with E-state index in [1.165, 1.54) is 17.0 Å². The van der Waals surface area contributed by atoms with Crippen molar-refractivity contribution in [3.63, 3.8) is 0 Å². The fourth-order valence-corrected chi connectivity index (χ4v) is 3.03. The van der Waals surface area contributed by atoms with Gasteiger partial charge in [-0.2, -0.15) is 0 Å². The number of rotatable bonds is 3. The summed E-state index contributed by atoms with van der Waals surface area (Å²) < 4.78 is 5.00. The second-order valence-electron chi connectivity index (χ2n) is 5.57. The van der Waals surface area contributed by atoms with E-state index in [-0.39, 0.29) is 41.8 Å². The van der Waals surface area contributed by atoms with Crippen molar-refractivity contribution in [2.75, 3.05) is 18.1 Å². The van der Waals surface area contributed by atoms with E-state index in [4.69, 9.17) is 16.3 Å². The Hall–Kier alpha value is -2.66. The largest absolute Gasteiger partial charge is 0.462 e. The predicted molar refractivity (Wildman–Crippen MR) is 94.5 cm³/mol. The van der Waals surface area contributed by atoms with Crippen molar-refractivity contribution in [1.82, 2.24) is 0 Å². The predicted octanol–water partition coefficient (Wildman–Crippen LogP) is 3.75. The number of esters is 1. The molecule has 6 heteroatoms. The molecule has 0 atom stereocenters. The summed E-state index contributed by atoms with van der Waals surface area (Å²) in [7, 11) is 0. The van der Waals surface area contributed by atoms with Gasteiger partial charge in [-0.1, -0.05) is 29.8 Å². The lowest BCUT2D eigenvalue weighted by molar-refractivity contribution is 0.0526. The molecule has 1 aliphatic rings. The molecule has 1 amide bonds. The van der Waals surface area contributed by atoms with Crippen molar-refractivity contribution in [1.29, 1.82) is 0 Å². The minimum absolute atomic E-state index is 0.107. The number of ketones is 1. The van der Waals surface area contributed by atoms with Gasteiger partial charge < -0.3 is 9.64 Å². The molecule has 1 heterocycles. The van der Waals surface area contributed by atoms with Gasteiger partial charge in [0, 0.05) is 24.1 Å². The number of carbonyl (C=O) groups excluding carboxylic acids is 3. The number of nitrogens with zero attached hydrogens (tertiary/aromatic N) is 1. The van der Waals surface area contributed by atoms with E-state index >= 15 is 0 Å². The van der Waals surface area contributed by atoms with Gasteiger partial charge in [-0.3, -0.25) is 9.59 Å². The van der Waals surface area contributed by atoms with Crippen molar-refractivity contribution in [3.05, 3.63) is 64.2 Å². The summed E-state index contributed by atoms with van der Waals surface area (Å²) >= 11 is 6.14. The third-order valence-electron chi connectivity index (χ3n) is 4.00. The lowest BCUT2D eigenvalue weighted by atomic mass is 9.97. The van der Waals surface area contributed by atoms with Crippen molar-refractivity contribution >= 4 is 34.9 Å². The Morgan fingerprint density at radius 1 is 1.20 bits per heavy atom. The smallest absolute Gasteiger partial charge is 0.339 e. The Morgan fingerprint density at radius 3 is 2.60 bits per heavy atom.